The molecular formula is C9H12N2O. The molecule has 0 radical (unpaired) electrons. The molecule has 2 heterocycles. The number of pyridine rings is 1. The Morgan fingerprint density at radius 1 is 1.50 bits per heavy atom. The molecule has 1 aliphatic rings. The number of H-pyrrole nitrogens is 1. The van der Waals surface area contributed by atoms with Gasteiger partial charge >= 0.3 is 0 Å². The molecule has 0 amide bonds. The monoisotopic (exact) mass is 164 g/mol. The quantitative estimate of drug-likeness (QED) is 0.644. The van der Waals surface area contributed by atoms with Crippen LogP contribution >= 0.6 is 0 Å². The summed E-state index contributed by atoms with van der Waals surface area (Å²) in [7, 11) is 0. The Balaban J connectivity index is 2.32. The fourth-order valence-corrected chi connectivity index (χ4v) is 1.65. The number of rotatable bonds is 1. The van der Waals surface area contributed by atoms with E-state index in [2.05, 4.69) is 10.3 Å². The van der Waals surface area contributed by atoms with Gasteiger partial charge in [-0.05, 0) is 19.4 Å². The van der Waals surface area contributed by atoms with Gasteiger partial charge in [-0.15, -0.1) is 0 Å². The number of aromatic nitrogens is 1. The lowest BCUT2D eigenvalue weighted by atomic mass is 10.1. The first-order chi connectivity index (χ1) is 5.88. The summed E-state index contributed by atoms with van der Waals surface area (Å²) in [5, 5.41) is 3.29. The molecule has 0 saturated carbocycles. The molecular weight excluding hydrogens is 152 g/mol. The lowest BCUT2D eigenvalue weighted by Gasteiger charge is -2.07. The van der Waals surface area contributed by atoms with Gasteiger partial charge in [0, 0.05) is 30.1 Å². The van der Waals surface area contributed by atoms with E-state index in [1.807, 2.05) is 0 Å². The minimum atomic E-state index is 0.133. The van der Waals surface area contributed by atoms with Gasteiger partial charge in [-0.3, -0.25) is 4.79 Å². The standard InChI is InChI=1S/C9H12N2O/c12-9-3-5-10-6-7(9)8-2-1-4-11-8/h3,5-6,8,11H,1-2,4H2,(H,10,12). The van der Waals surface area contributed by atoms with Gasteiger partial charge in [0.2, 0.25) is 0 Å². The second-order valence-electron chi connectivity index (χ2n) is 3.11. The lowest BCUT2D eigenvalue weighted by molar-refractivity contribution is 0.640. The first-order valence-corrected chi connectivity index (χ1v) is 4.28. The Hall–Kier alpha value is -1.09. The summed E-state index contributed by atoms with van der Waals surface area (Å²) in [4.78, 5) is 14.3. The number of hydrogen-bond donors (Lipinski definition) is 2. The second-order valence-corrected chi connectivity index (χ2v) is 3.11. The minimum Gasteiger partial charge on any atom is -0.367 e. The molecule has 1 aliphatic heterocycles. The van der Waals surface area contributed by atoms with Gasteiger partial charge in [-0.25, -0.2) is 0 Å². The van der Waals surface area contributed by atoms with Crippen LogP contribution in [-0.4, -0.2) is 11.5 Å². The first-order valence-electron chi connectivity index (χ1n) is 4.28. The third-order valence-electron chi connectivity index (χ3n) is 2.29. The Bertz CT molecular complexity index is 312. The van der Waals surface area contributed by atoms with E-state index in [0.29, 0.717) is 0 Å². The molecule has 64 valence electrons. The summed E-state index contributed by atoms with van der Waals surface area (Å²) >= 11 is 0. The van der Waals surface area contributed by atoms with E-state index in [1.54, 1.807) is 18.5 Å². The van der Waals surface area contributed by atoms with E-state index in [1.165, 1.54) is 6.42 Å². The molecule has 0 aromatic carbocycles. The van der Waals surface area contributed by atoms with Gasteiger partial charge in [-0.1, -0.05) is 0 Å². The maximum atomic E-state index is 11.3. The van der Waals surface area contributed by atoms with Gasteiger partial charge in [0.1, 0.15) is 0 Å². The van der Waals surface area contributed by atoms with Crippen molar-refractivity contribution in [3.63, 3.8) is 0 Å². The van der Waals surface area contributed by atoms with Gasteiger partial charge < -0.3 is 10.3 Å². The summed E-state index contributed by atoms with van der Waals surface area (Å²) < 4.78 is 0. The molecule has 1 unspecified atom stereocenters. The van der Waals surface area contributed by atoms with Crippen LogP contribution in [0.1, 0.15) is 24.4 Å². The molecule has 1 aromatic heterocycles. The minimum absolute atomic E-state index is 0.133. The van der Waals surface area contributed by atoms with E-state index < -0.39 is 0 Å². The van der Waals surface area contributed by atoms with Crippen molar-refractivity contribution < 1.29 is 0 Å². The fraction of sp³-hybridized carbons (Fsp3) is 0.444. The largest absolute Gasteiger partial charge is 0.367 e. The van der Waals surface area contributed by atoms with Crippen LogP contribution < -0.4 is 10.7 Å². The summed E-state index contributed by atoms with van der Waals surface area (Å²) in [6.07, 6.45) is 5.71. The third kappa shape index (κ3) is 1.28. The van der Waals surface area contributed by atoms with Crippen LogP contribution in [0.5, 0.6) is 0 Å². The zero-order valence-corrected chi connectivity index (χ0v) is 6.84. The van der Waals surface area contributed by atoms with Crippen molar-refractivity contribution in [2.75, 3.05) is 6.54 Å². The SMILES string of the molecule is O=c1cc[nH]cc1C1CCCN1. The molecule has 12 heavy (non-hydrogen) atoms. The molecule has 0 bridgehead atoms. The van der Waals surface area contributed by atoms with Crippen molar-refractivity contribution in [3.8, 4) is 0 Å². The van der Waals surface area contributed by atoms with Crippen LogP contribution in [0, 0.1) is 0 Å². The van der Waals surface area contributed by atoms with Gasteiger partial charge in [0.05, 0.1) is 0 Å². The van der Waals surface area contributed by atoms with Crippen LogP contribution in [0.3, 0.4) is 0 Å². The van der Waals surface area contributed by atoms with Crippen molar-refractivity contribution in [1.29, 1.82) is 0 Å². The molecule has 1 aromatic rings. The molecule has 1 saturated heterocycles. The maximum absolute atomic E-state index is 11.3. The molecule has 2 N–H and O–H groups in total. The highest BCUT2D eigenvalue weighted by Gasteiger charge is 2.17. The smallest absolute Gasteiger partial charge is 0.186 e. The van der Waals surface area contributed by atoms with E-state index in [0.717, 1.165) is 18.5 Å². The first kappa shape index (κ1) is 7.55. The van der Waals surface area contributed by atoms with E-state index in [4.69, 9.17) is 0 Å². The molecule has 2 rings (SSSR count). The predicted molar refractivity (Wildman–Crippen MR) is 47.0 cm³/mol. The highest BCUT2D eigenvalue weighted by molar-refractivity contribution is 5.15. The molecule has 0 aliphatic carbocycles. The van der Waals surface area contributed by atoms with Crippen molar-refractivity contribution in [2.24, 2.45) is 0 Å². The van der Waals surface area contributed by atoms with Crippen LogP contribution in [0.4, 0.5) is 0 Å². The van der Waals surface area contributed by atoms with E-state index in [9.17, 15) is 4.79 Å². The summed E-state index contributed by atoms with van der Waals surface area (Å²) in [5.74, 6) is 0. The molecule has 0 spiro atoms. The average molecular weight is 164 g/mol. The third-order valence-corrected chi connectivity index (χ3v) is 2.29. The van der Waals surface area contributed by atoms with Crippen molar-refractivity contribution >= 4 is 0 Å². The Kier molecular flexibility index (Phi) is 1.96. The Morgan fingerprint density at radius 3 is 3.08 bits per heavy atom. The number of nitrogens with one attached hydrogen (secondary N) is 2. The van der Waals surface area contributed by atoms with Gasteiger partial charge in [0.15, 0.2) is 5.43 Å². The van der Waals surface area contributed by atoms with Gasteiger partial charge in [-0.2, -0.15) is 0 Å². The van der Waals surface area contributed by atoms with Gasteiger partial charge in [0.25, 0.3) is 0 Å². The maximum Gasteiger partial charge on any atom is 0.186 e. The summed E-state index contributed by atoms with van der Waals surface area (Å²) in [6.45, 7) is 1.03. The normalized spacial score (nSPS) is 22.8. The highest BCUT2D eigenvalue weighted by atomic mass is 16.1. The van der Waals surface area contributed by atoms with E-state index >= 15 is 0 Å². The van der Waals surface area contributed by atoms with Crippen molar-refractivity contribution in [2.45, 2.75) is 18.9 Å². The average Bonchev–Trinajstić information content (AvgIpc) is 2.57. The predicted octanol–water partition coefficient (Wildman–Crippen LogP) is 0.799. The lowest BCUT2D eigenvalue weighted by Crippen LogP contribution is -2.20. The van der Waals surface area contributed by atoms with Crippen LogP contribution in [0.2, 0.25) is 0 Å². The van der Waals surface area contributed by atoms with Crippen molar-refractivity contribution in [3.05, 3.63) is 34.2 Å². The van der Waals surface area contributed by atoms with Crippen LogP contribution in [0.15, 0.2) is 23.3 Å². The second kappa shape index (κ2) is 3.11. The number of aromatic amines is 1. The van der Waals surface area contributed by atoms with Crippen LogP contribution in [0.25, 0.3) is 0 Å². The van der Waals surface area contributed by atoms with Crippen LogP contribution in [-0.2, 0) is 0 Å². The summed E-state index contributed by atoms with van der Waals surface area (Å²) in [6, 6.07) is 1.85. The topological polar surface area (TPSA) is 44.9 Å². The highest BCUT2D eigenvalue weighted by Crippen LogP contribution is 2.18. The Morgan fingerprint density at radius 2 is 2.42 bits per heavy atom. The molecule has 1 fully saturated rings. The zero-order chi connectivity index (χ0) is 8.39. The number of hydrogen-bond acceptors (Lipinski definition) is 2. The molecule has 3 nitrogen and oxygen atoms in total. The van der Waals surface area contributed by atoms with Crippen molar-refractivity contribution in [1.82, 2.24) is 10.3 Å². The molecule has 1 atom stereocenters. The zero-order valence-electron chi connectivity index (χ0n) is 6.84. The summed E-state index contributed by atoms with van der Waals surface area (Å²) in [5.41, 5.74) is 1.00. The fourth-order valence-electron chi connectivity index (χ4n) is 1.65. The van der Waals surface area contributed by atoms with E-state index in [-0.39, 0.29) is 11.5 Å². The Labute approximate surface area is 70.8 Å². The molecule has 3 heteroatoms.